The van der Waals surface area contributed by atoms with E-state index in [4.69, 9.17) is 4.74 Å². The zero-order valence-corrected chi connectivity index (χ0v) is 21.1. The van der Waals surface area contributed by atoms with Gasteiger partial charge in [-0.3, -0.25) is 4.90 Å². The second kappa shape index (κ2) is 9.03. The van der Waals surface area contributed by atoms with Crippen LogP contribution in [0.15, 0.2) is 30.3 Å². The van der Waals surface area contributed by atoms with E-state index in [1.54, 1.807) is 12.1 Å². The number of hydrogen-bond acceptors (Lipinski definition) is 5. The van der Waals surface area contributed by atoms with Crippen molar-refractivity contribution >= 4 is 28.2 Å². The Morgan fingerprint density at radius 3 is 2.53 bits per heavy atom. The van der Waals surface area contributed by atoms with Crippen LogP contribution in [0.3, 0.4) is 0 Å². The zero-order valence-electron chi connectivity index (χ0n) is 20.2. The maximum Gasteiger partial charge on any atom is 0.341 e. The van der Waals surface area contributed by atoms with Gasteiger partial charge in [0.25, 0.3) is 0 Å². The summed E-state index contributed by atoms with van der Waals surface area (Å²) in [5.41, 5.74) is 1.60. The normalized spacial score (nSPS) is 28.4. The molecule has 1 aliphatic carbocycles. The molecular formula is C27H31FN2O5S. The Bertz CT molecular complexity index is 1280. The van der Waals surface area contributed by atoms with Crippen LogP contribution in [0.2, 0.25) is 0 Å². The van der Waals surface area contributed by atoms with Gasteiger partial charge >= 0.3 is 5.97 Å². The molecule has 7 nitrogen and oxygen atoms in total. The molecule has 2 unspecified atom stereocenters. The molecule has 2 saturated heterocycles. The lowest BCUT2D eigenvalue weighted by Gasteiger charge is -2.38. The van der Waals surface area contributed by atoms with Gasteiger partial charge in [-0.15, -0.1) is 0 Å². The third-order valence-electron chi connectivity index (χ3n) is 8.66. The van der Waals surface area contributed by atoms with E-state index in [0.717, 1.165) is 35.7 Å². The zero-order chi connectivity index (χ0) is 25.1. The van der Waals surface area contributed by atoms with Gasteiger partial charge in [-0.2, -0.15) is 0 Å². The minimum Gasteiger partial charge on any atom is -0.492 e. The summed E-state index contributed by atoms with van der Waals surface area (Å²) in [5.74, 6) is -0.440. The summed E-state index contributed by atoms with van der Waals surface area (Å²) >= 11 is 0. The first-order chi connectivity index (χ1) is 17.4. The van der Waals surface area contributed by atoms with Gasteiger partial charge in [0.1, 0.15) is 17.1 Å². The summed E-state index contributed by atoms with van der Waals surface area (Å²) in [7, 11) is -3.25. The number of carbonyl (C=O) groups is 1. The monoisotopic (exact) mass is 514 g/mol. The van der Waals surface area contributed by atoms with Gasteiger partial charge in [0.2, 0.25) is 10.9 Å². The van der Waals surface area contributed by atoms with E-state index in [1.807, 2.05) is 0 Å². The lowest BCUT2D eigenvalue weighted by Crippen LogP contribution is -2.43. The molecule has 2 bridgehead atoms. The van der Waals surface area contributed by atoms with Gasteiger partial charge < -0.3 is 9.84 Å². The van der Waals surface area contributed by atoms with Gasteiger partial charge in [-0.1, -0.05) is 13.0 Å². The number of fused-ring (bicyclic) bond motifs is 5. The van der Waals surface area contributed by atoms with E-state index in [2.05, 4.69) is 11.8 Å². The standard InChI is InChI=1S/C27H31FN2O5S/c1-2-29-19-4-5-20(29)11-15(10-19)9-16-12-18(28)3-7-23(16)30(36(33)34)24-8-6-21-22-13-17(22)14-35-26(21)25(24)27(31)32/h3,6-8,12,15,17,19-20,22,36H,2,4-5,9-11,13-14H2,1H3,(H,31,32)/t15?,17-,19?,20?,22-/m0/s1. The fraction of sp³-hybridized carbons (Fsp3) is 0.519. The highest BCUT2D eigenvalue weighted by atomic mass is 32.2. The summed E-state index contributed by atoms with van der Waals surface area (Å²) in [6, 6.07) is 8.47. The Balaban J connectivity index is 1.39. The third kappa shape index (κ3) is 3.96. The van der Waals surface area contributed by atoms with Crippen LogP contribution in [0.1, 0.15) is 66.4 Å². The molecule has 0 aromatic heterocycles. The van der Waals surface area contributed by atoms with Gasteiger partial charge in [0.15, 0.2) is 0 Å². The quantitative estimate of drug-likeness (QED) is 0.530. The molecule has 0 radical (unpaired) electrons. The van der Waals surface area contributed by atoms with Crippen LogP contribution in [0.4, 0.5) is 15.8 Å². The van der Waals surface area contributed by atoms with Crippen LogP contribution in [0.25, 0.3) is 0 Å². The van der Waals surface area contributed by atoms with Gasteiger partial charge in [0, 0.05) is 18.0 Å². The average Bonchev–Trinajstić information content (AvgIpc) is 3.59. The van der Waals surface area contributed by atoms with Crippen LogP contribution >= 0.6 is 0 Å². The molecule has 1 saturated carbocycles. The minimum absolute atomic E-state index is 0.0326. The van der Waals surface area contributed by atoms with Crippen molar-refractivity contribution in [3.05, 3.63) is 52.8 Å². The van der Waals surface area contributed by atoms with Gasteiger partial charge in [-0.25, -0.2) is 21.9 Å². The first-order valence-electron chi connectivity index (χ1n) is 12.9. The predicted octanol–water partition coefficient (Wildman–Crippen LogP) is 4.49. The molecule has 4 aliphatic rings. The van der Waals surface area contributed by atoms with Crippen molar-refractivity contribution in [1.29, 1.82) is 0 Å². The average molecular weight is 515 g/mol. The Labute approximate surface area is 211 Å². The summed E-state index contributed by atoms with van der Waals surface area (Å²) in [6.45, 7) is 3.65. The van der Waals surface area contributed by atoms with Crippen molar-refractivity contribution in [3.8, 4) is 5.75 Å². The van der Waals surface area contributed by atoms with E-state index in [9.17, 15) is 22.7 Å². The van der Waals surface area contributed by atoms with Crippen LogP contribution < -0.4 is 9.04 Å². The topological polar surface area (TPSA) is 87.2 Å². The molecule has 2 aromatic rings. The molecule has 9 heteroatoms. The van der Waals surface area contributed by atoms with E-state index < -0.39 is 22.7 Å². The third-order valence-corrected chi connectivity index (χ3v) is 9.42. The number of piperidine rings is 1. The number of anilines is 2. The second-order valence-corrected chi connectivity index (χ2v) is 11.6. The number of carboxylic acid groups (broad SMARTS) is 1. The van der Waals surface area contributed by atoms with E-state index in [0.29, 0.717) is 48.2 Å². The Morgan fingerprint density at radius 2 is 1.86 bits per heavy atom. The van der Waals surface area contributed by atoms with Crippen molar-refractivity contribution < 1.29 is 27.4 Å². The Morgan fingerprint density at radius 1 is 1.14 bits per heavy atom. The Hall–Kier alpha value is -2.65. The molecule has 0 spiro atoms. The van der Waals surface area contributed by atoms with Crippen LogP contribution in [0, 0.1) is 17.7 Å². The van der Waals surface area contributed by atoms with Gasteiger partial charge in [0.05, 0.1) is 18.0 Å². The number of thiol groups is 1. The van der Waals surface area contributed by atoms with E-state index in [-0.39, 0.29) is 22.9 Å². The smallest absolute Gasteiger partial charge is 0.341 e. The lowest BCUT2D eigenvalue weighted by atomic mass is 9.85. The maximum absolute atomic E-state index is 14.4. The molecule has 4 atom stereocenters. The summed E-state index contributed by atoms with van der Waals surface area (Å²) in [4.78, 5) is 15.0. The number of ether oxygens (including phenoxy) is 1. The molecule has 6 rings (SSSR count). The lowest BCUT2D eigenvalue weighted by molar-refractivity contribution is 0.0692. The van der Waals surface area contributed by atoms with Crippen molar-refractivity contribution in [3.63, 3.8) is 0 Å². The predicted molar refractivity (Wildman–Crippen MR) is 134 cm³/mol. The largest absolute Gasteiger partial charge is 0.492 e. The number of hydrogen-bond donors (Lipinski definition) is 2. The highest BCUT2D eigenvalue weighted by molar-refractivity contribution is 7.74. The number of benzene rings is 2. The molecule has 3 aliphatic heterocycles. The van der Waals surface area contributed by atoms with Crippen molar-refractivity contribution in [2.45, 2.75) is 63.5 Å². The first kappa shape index (κ1) is 23.7. The molecule has 36 heavy (non-hydrogen) atoms. The fourth-order valence-electron chi connectivity index (χ4n) is 7.03. The van der Waals surface area contributed by atoms with E-state index in [1.165, 1.54) is 31.0 Å². The molecule has 1 N–H and O–H groups in total. The minimum atomic E-state index is -3.25. The summed E-state index contributed by atoms with van der Waals surface area (Å²) < 4.78 is 46.6. The van der Waals surface area contributed by atoms with E-state index >= 15 is 0 Å². The molecule has 3 heterocycles. The van der Waals surface area contributed by atoms with Crippen LogP contribution in [-0.2, 0) is 17.3 Å². The Kier molecular flexibility index (Phi) is 5.95. The highest BCUT2D eigenvalue weighted by Gasteiger charge is 2.46. The summed E-state index contributed by atoms with van der Waals surface area (Å²) in [6.07, 6.45) is 5.83. The SMILES string of the molecule is CCN1C2CCC1CC(Cc1cc(F)ccc1N(c1ccc3c(c1C(=O)O)OC[C@@H]1C[C@H]31)[SH](=O)=O)C2. The molecule has 0 amide bonds. The maximum atomic E-state index is 14.4. The molecular weight excluding hydrogens is 483 g/mol. The van der Waals surface area contributed by atoms with Crippen LogP contribution in [-0.4, -0.2) is 49.6 Å². The fourth-order valence-corrected chi connectivity index (χ4v) is 7.75. The van der Waals surface area contributed by atoms with Gasteiger partial charge in [-0.05, 0) is 92.3 Å². The van der Waals surface area contributed by atoms with Crippen LogP contribution in [0.5, 0.6) is 5.75 Å². The number of halogens is 1. The number of nitrogens with zero attached hydrogens (tertiary/aromatic N) is 2. The first-order valence-corrected chi connectivity index (χ1v) is 14.0. The van der Waals surface area contributed by atoms with Crippen molar-refractivity contribution in [1.82, 2.24) is 4.90 Å². The number of carboxylic acids is 1. The molecule has 2 aromatic carbocycles. The highest BCUT2D eigenvalue weighted by Crippen LogP contribution is 2.56. The number of rotatable bonds is 7. The summed E-state index contributed by atoms with van der Waals surface area (Å²) in [5, 5.41) is 10.1. The second-order valence-electron chi connectivity index (χ2n) is 10.7. The van der Waals surface area contributed by atoms with Crippen molar-refractivity contribution in [2.24, 2.45) is 11.8 Å². The molecule has 192 valence electrons. The molecule has 3 fully saturated rings. The number of aromatic carboxylic acids is 1. The van der Waals surface area contributed by atoms with Crippen molar-refractivity contribution in [2.75, 3.05) is 17.5 Å².